The molecule has 0 radical (unpaired) electrons. The molecule has 1 aromatic heterocycles. The molecule has 0 saturated heterocycles. The molecule has 1 N–H and O–H groups in total. The van der Waals surface area contributed by atoms with Gasteiger partial charge in [-0.15, -0.1) is 0 Å². The van der Waals surface area contributed by atoms with E-state index in [2.05, 4.69) is 10.3 Å². The first kappa shape index (κ1) is 21.5. The van der Waals surface area contributed by atoms with Gasteiger partial charge in [-0.05, 0) is 35.4 Å². The number of nitrogens with one attached hydrogen (secondary N) is 1. The van der Waals surface area contributed by atoms with Gasteiger partial charge in [0.05, 0.1) is 12.2 Å². The summed E-state index contributed by atoms with van der Waals surface area (Å²) >= 11 is 6.00. The molecule has 5 nitrogen and oxygen atoms in total. The summed E-state index contributed by atoms with van der Waals surface area (Å²) in [6, 6.07) is 21.4. The molecule has 1 atom stereocenters. The van der Waals surface area contributed by atoms with Crippen LogP contribution in [0.1, 0.15) is 36.2 Å². The van der Waals surface area contributed by atoms with Crippen molar-refractivity contribution in [3.63, 3.8) is 0 Å². The standard InChI is InChI=1S/C24H24ClN3O2/c1-2-22(29)28(17-18-11-13-20(25)14-12-18)23(19-8-4-3-5-9-19)24(30)27-16-21-10-6-7-15-26-21/h3-15,23H,2,16-17H2,1H3,(H,27,30)/t23-/m0/s1. The zero-order valence-corrected chi connectivity index (χ0v) is 17.5. The van der Waals surface area contributed by atoms with Crippen LogP contribution in [0.5, 0.6) is 0 Å². The Bertz CT molecular complexity index is 963. The van der Waals surface area contributed by atoms with Gasteiger partial charge in [-0.1, -0.05) is 67.1 Å². The fourth-order valence-corrected chi connectivity index (χ4v) is 3.32. The summed E-state index contributed by atoms with van der Waals surface area (Å²) < 4.78 is 0. The Morgan fingerprint density at radius 2 is 1.70 bits per heavy atom. The second-order valence-electron chi connectivity index (χ2n) is 6.85. The van der Waals surface area contributed by atoms with Crippen LogP contribution >= 0.6 is 11.6 Å². The third-order valence-corrected chi connectivity index (χ3v) is 4.99. The highest BCUT2D eigenvalue weighted by molar-refractivity contribution is 6.30. The Labute approximate surface area is 181 Å². The normalized spacial score (nSPS) is 11.5. The van der Waals surface area contributed by atoms with Gasteiger partial charge in [-0.3, -0.25) is 14.6 Å². The zero-order chi connectivity index (χ0) is 21.3. The third kappa shape index (κ3) is 5.67. The molecule has 0 aliphatic carbocycles. The molecule has 0 bridgehead atoms. The summed E-state index contributed by atoms with van der Waals surface area (Å²) in [5.41, 5.74) is 2.41. The SMILES string of the molecule is CCC(=O)N(Cc1ccc(Cl)cc1)[C@H](C(=O)NCc1ccccn1)c1ccccc1. The van der Waals surface area contributed by atoms with Crippen LogP contribution < -0.4 is 5.32 Å². The molecule has 0 unspecified atom stereocenters. The lowest BCUT2D eigenvalue weighted by Crippen LogP contribution is -2.43. The van der Waals surface area contributed by atoms with Crippen molar-refractivity contribution in [2.75, 3.05) is 0 Å². The predicted molar refractivity (Wildman–Crippen MR) is 118 cm³/mol. The van der Waals surface area contributed by atoms with E-state index in [0.717, 1.165) is 16.8 Å². The highest BCUT2D eigenvalue weighted by atomic mass is 35.5. The lowest BCUT2D eigenvalue weighted by atomic mass is 10.0. The number of amides is 2. The predicted octanol–water partition coefficient (Wildman–Crippen LogP) is 4.53. The maximum Gasteiger partial charge on any atom is 0.247 e. The molecule has 2 amide bonds. The number of nitrogens with zero attached hydrogens (tertiary/aromatic N) is 2. The van der Waals surface area contributed by atoms with Crippen LogP contribution in [0.15, 0.2) is 79.0 Å². The van der Waals surface area contributed by atoms with E-state index in [1.807, 2.05) is 60.7 Å². The molecule has 6 heteroatoms. The molecular formula is C24H24ClN3O2. The molecule has 3 aromatic rings. The van der Waals surface area contributed by atoms with Crippen LogP contribution in [0.2, 0.25) is 5.02 Å². The van der Waals surface area contributed by atoms with Gasteiger partial charge in [0.25, 0.3) is 0 Å². The molecule has 0 spiro atoms. The highest BCUT2D eigenvalue weighted by Gasteiger charge is 2.30. The van der Waals surface area contributed by atoms with E-state index >= 15 is 0 Å². The van der Waals surface area contributed by atoms with E-state index in [-0.39, 0.29) is 18.4 Å². The average molecular weight is 422 g/mol. The highest BCUT2D eigenvalue weighted by Crippen LogP contribution is 2.25. The largest absolute Gasteiger partial charge is 0.348 e. The fourth-order valence-electron chi connectivity index (χ4n) is 3.20. The minimum Gasteiger partial charge on any atom is -0.348 e. The van der Waals surface area contributed by atoms with Crippen molar-refractivity contribution in [3.05, 3.63) is 101 Å². The van der Waals surface area contributed by atoms with Crippen molar-refractivity contribution in [2.24, 2.45) is 0 Å². The Morgan fingerprint density at radius 3 is 2.33 bits per heavy atom. The number of halogens is 1. The zero-order valence-electron chi connectivity index (χ0n) is 16.8. The van der Waals surface area contributed by atoms with Gasteiger partial charge in [-0.2, -0.15) is 0 Å². The number of carbonyl (C=O) groups is 2. The molecule has 1 heterocycles. The van der Waals surface area contributed by atoms with Crippen LogP contribution in [-0.2, 0) is 22.7 Å². The van der Waals surface area contributed by atoms with E-state index in [1.165, 1.54) is 0 Å². The van der Waals surface area contributed by atoms with E-state index in [0.29, 0.717) is 18.0 Å². The number of hydrogen-bond donors (Lipinski definition) is 1. The van der Waals surface area contributed by atoms with Gasteiger partial charge < -0.3 is 10.2 Å². The van der Waals surface area contributed by atoms with Crippen LogP contribution in [0.3, 0.4) is 0 Å². The summed E-state index contributed by atoms with van der Waals surface area (Å²) in [5, 5.41) is 3.56. The summed E-state index contributed by atoms with van der Waals surface area (Å²) in [6.07, 6.45) is 1.98. The number of benzene rings is 2. The average Bonchev–Trinajstić information content (AvgIpc) is 2.79. The van der Waals surface area contributed by atoms with Crippen molar-refractivity contribution >= 4 is 23.4 Å². The van der Waals surface area contributed by atoms with Gasteiger partial charge in [0, 0.05) is 24.2 Å². The number of carbonyl (C=O) groups excluding carboxylic acids is 2. The molecular weight excluding hydrogens is 398 g/mol. The molecule has 0 aliphatic heterocycles. The first-order chi connectivity index (χ1) is 14.6. The van der Waals surface area contributed by atoms with E-state index in [4.69, 9.17) is 11.6 Å². The minimum absolute atomic E-state index is 0.105. The van der Waals surface area contributed by atoms with Crippen molar-refractivity contribution in [3.8, 4) is 0 Å². The second-order valence-corrected chi connectivity index (χ2v) is 7.29. The first-order valence-electron chi connectivity index (χ1n) is 9.85. The van der Waals surface area contributed by atoms with Crippen molar-refractivity contribution in [1.29, 1.82) is 0 Å². The van der Waals surface area contributed by atoms with Gasteiger partial charge in [0.1, 0.15) is 6.04 Å². The van der Waals surface area contributed by atoms with Gasteiger partial charge in [0.2, 0.25) is 11.8 Å². The van der Waals surface area contributed by atoms with Crippen molar-refractivity contribution in [2.45, 2.75) is 32.5 Å². The Morgan fingerprint density at radius 1 is 1.00 bits per heavy atom. The van der Waals surface area contributed by atoms with Gasteiger partial charge >= 0.3 is 0 Å². The Kier molecular flexibility index (Phi) is 7.57. The van der Waals surface area contributed by atoms with E-state index in [9.17, 15) is 9.59 Å². The number of aromatic nitrogens is 1. The molecule has 0 fully saturated rings. The summed E-state index contributed by atoms with van der Waals surface area (Å²) in [5.74, 6) is -0.352. The number of hydrogen-bond acceptors (Lipinski definition) is 3. The molecule has 154 valence electrons. The summed E-state index contributed by atoms with van der Waals surface area (Å²) in [6.45, 7) is 2.39. The molecule has 3 rings (SSSR count). The molecule has 30 heavy (non-hydrogen) atoms. The Balaban J connectivity index is 1.89. The van der Waals surface area contributed by atoms with Crippen molar-refractivity contribution in [1.82, 2.24) is 15.2 Å². The first-order valence-corrected chi connectivity index (χ1v) is 10.2. The fraction of sp³-hybridized carbons (Fsp3) is 0.208. The second kappa shape index (κ2) is 10.6. The van der Waals surface area contributed by atoms with Gasteiger partial charge in [-0.25, -0.2) is 0 Å². The van der Waals surface area contributed by atoms with Crippen LogP contribution in [0.4, 0.5) is 0 Å². The van der Waals surface area contributed by atoms with Gasteiger partial charge in [0.15, 0.2) is 0 Å². The maximum absolute atomic E-state index is 13.3. The lowest BCUT2D eigenvalue weighted by Gasteiger charge is -2.31. The van der Waals surface area contributed by atoms with Crippen molar-refractivity contribution < 1.29 is 9.59 Å². The van der Waals surface area contributed by atoms with E-state index < -0.39 is 6.04 Å². The summed E-state index contributed by atoms with van der Waals surface area (Å²) in [4.78, 5) is 32.0. The minimum atomic E-state index is -0.752. The van der Waals surface area contributed by atoms with Crippen LogP contribution in [0, 0.1) is 0 Å². The molecule has 2 aromatic carbocycles. The number of rotatable bonds is 8. The Hall–Kier alpha value is -3.18. The third-order valence-electron chi connectivity index (χ3n) is 4.73. The maximum atomic E-state index is 13.3. The smallest absolute Gasteiger partial charge is 0.247 e. The topological polar surface area (TPSA) is 62.3 Å². The van der Waals surface area contributed by atoms with E-state index in [1.54, 1.807) is 30.2 Å². The lowest BCUT2D eigenvalue weighted by molar-refractivity contribution is -0.141. The monoisotopic (exact) mass is 421 g/mol. The molecule has 0 saturated carbocycles. The quantitative estimate of drug-likeness (QED) is 0.581. The van der Waals surface area contributed by atoms with Crippen LogP contribution in [0.25, 0.3) is 0 Å². The molecule has 0 aliphatic rings. The van der Waals surface area contributed by atoms with Crippen LogP contribution in [-0.4, -0.2) is 21.7 Å². The number of pyridine rings is 1. The summed E-state index contributed by atoms with van der Waals surface area (Å²) in [7, 11) is 0.